The summed E-state index contributed by atoms with van der Waals surface area (Å²) < 4.78 is 0. The third kappa shape index (κ3) is 8.30. The van der Waals surface area contributed by atoms with Gasteiger partial charge in [0.15, 0.2) is 0 Å². The van der Waals surface area contributed by atoms with Crippen molar-refractivity contribution in [2.24, 2.45) is 0 Å². The molecule has 0 aliphatic heterocycles. The van der Waals surface area contributed by atoms with E-state index in [0.717, 1.165) is 34.1 Å². The molecule has 0 fully saturated rings. The molecule has 374 valence electrons. The van der Waals surface area contributed by atoms with Crippen LogP contribution in [0.3, 0.4) is 0 Å². The number of hydrogen-bond donors (Lipinski definition) is 0. The Balaban J connectivity index is 0.980. The summed E-state index contributed by atoms with van der Waals surface area (Å²) in [4.78, 5) is 4.76. The lowest BCUT2D eigenvalue weighted by Gasteiger charge is -2.27. The van der Waals surface area contributed by atoms with E-state index in [-0.39, 0.29) is 0 Å². The number of para-hydroxylation sites is 2. The largest absolute Gasteiger partial charge is 0.310 e. The van der Waals surface area contributed by atoms with E-state index in [1.807, 2.05) is 0 Å². The van der Waals surface area contributed by atoms with E-state index >= 15 is 0 Å². The van der Waals surface area contributed by atoms with E-state index in [1.54, 1.807) is 0 Å². The van der Waals surface area contributed by atoms with Crippen molar-refractivity contribution in [2.75, 3.05) is 9.80 Å². The predicted molar refractivity (Wildman–Crippen MR) is 343 cm³/mol. The van der Waals surface area contributed by atoms with Crippen LogP contribution in [0.5, 0.6) is 0 Å². The summed E-state index contributed by atoms with van der Waals surface area (Å²) in [5, 5.41) is 14.5. The van der Waals surface area contributed by atoms with E-state index in [2.05, 4.69) is 325 Å². The third-order valence-corrected chi connectivity index (χ3v) is 16.1. The van der Waals surface area contributed by atoms with Crippen LogP contribution in [0.1, 0.15) is 0 Å². The quantitative estimate of drug-likeness (QED) is 0.0995. The molecule has 0 atom stereocenters. The third-order valence-electron chi connectivity index (χ3n) is 16.1. The first-order valence-electron chi connectivity index (χ1n) is 27.6. The summed E-state index contributed by atoms with van der Waals surface area (Å²) in [5.74, 6) is 0. The molecule has 0 spiro atoms. The fourth-order valence-electron chi connectivity index (χ4n) is 12.3. The van der Waals surface area contributed by atoms with Gasteiger partial charge in [-0.15, -0.1) is 0 Å². The van der Waals surface area contributed by atoms with Crippen molar-refractivity contribution < 1.29 is 0 Å². The van der Waals surface area contributed by atoms with Gasteiger partial charge in [-0.3, -0.25) is 0 Å². The van der Waals surface area contributed by atoms with Gasteiger partial charge in [0.05, 0.1) is 0 Å². The standard InChI is InChI=1S/C78H52N2/c1-5-17-53(18-6-1)57-33-39-67(40-34-57)79(65-25-9-3-10-26-65)69-43-47-71-61(51-69)37-45-73-76(64-32-30-56-22-14-16-24-60(56)50-64)78-72-48-44-70(80(66-27-11-4-12-28-66)68-41-35-58(36-42-68)54-19-7-2-8-20-54)52-62(72)38-46-74(78)75(77(71)73)63-31-29-55-21-13-15-23-59(55)49-63/h1-52H. The number of rotatable bonds is 10. The van der Waals surface area contributed by atoms with Crippen LogP contribution in [0.2, 0.25) is 0 Å². The minimum Gasteiger partial charge on any atom is -0.310 e. The molecule has 15 aromatic rings. The van der Waals surface area contributed by atoms with Gasteiger partial charge >= 0.3 is 0 Å². The highest BCUT2D eigenvalue weighted by atomic mass is 15.1. The van der Waals surface area contributed by atoms with Crippen LogP contribution in [0.4, 0.5) is 34.1 Å². The van der Waals surface area contributed by atoms with Crippen molar-refractivity contribution in [1.82, 2.24) is 0 Å². The fraction of sp³-hybridized carbons (Fsp3) is 0. The number of benzene rings is 15. The molecule has 2 nitrogen and oxygen atoms in total. The van der Waals surface area contributed by atoms with Crippen molar-refractivity contribution >= 4 is 98.8 Å². The summed E-state index contributed by atoms with van der Waals surface area (Å²) in [6, 6.07) is 116. The zero-order chi connectivity index (χ0) is 52.9. The summed E-state index contributed by atoms with van der Waals surface area (Å²) in [5.41, 5.74) is 16.2. The fourth-order valence-corrected chi connectivity index (χ4v) is 12.3. The highest BCUT2D eigenvalue weighted by Gasteiger charge is 2.23. The first-order valence-corrected chi connectivity index (χ1v) is 27.6. The van der Waals surface area contributed by atoms with Gasteiger partial charge in [-0.25, -0.2) is 0 Å². The van der Waals surface area contributed by atoms with Crippen LogP contribution in [-0.2, 0) is 0 Å². The van der Waals surface area contributed by atoms with Crippen LogP contribution >= 0.6 is 0 Å². The SMILES string of the molecule is c1ccc(-c2ccc(N(c3ccccc3)c3ccc4c(ccc5c(-c6ccc7ccccc7c6)c6c(ccc7cc(N(c8ccccc8)c8ccc(-c9ccccc9)cc8)ccc76)c(-c6ccc7ccccc7c6)c54)c3)cc2)cc1. The molecule has 2 heteroatoms. The Labute approximate surface area is 465 Å². The van der Waals surface area contributed by atoms with Crippen molar-refractivity contribution in [2.45, 2.75) is 0 Å². The molecule has 0 N–H and O–H groups in total. The monoisotopic (exact) mass is 1020 g/mol. The van der Waals surface area contributed by atoms with Crippen LogP contribution in [0, 0.1) is 0 Å². The Bertz CT molecular complexity index is 4480. The van der Waals surface area contributed by atoms with E-state index in [1.165, 1.54) is 109 Å². The van der Waals surface area contributed by atoms with Gasteiger partial charge in [0.1, 0.15) is 0 Å². The Morgan fingerprint density at radius 2 is 0.450 bits per heavy atom. The predicted octanol–water partition coefficient (Wildman–Crippen LogP) is 22.2. The van der Waals surface area contributed by atoms with Gasteiger partial charge in [0.2, 0.25) is 0 Å². The maximum atomic E-state index is 2.40. The molecule has 15 rings (SSSR count). The molecule has 0 unspecified atom stereocenters. The van der Waals surface area contributed by atoms with Crippen LogP contribution in [0.15, 0.2) is 315 Å². The van der Waals surface area contributed by atoms with Crippen molar-refractivity contribution in [1.29, 1.82) is 0 Å². The van der Waals surface area contributed by atoms with E-state index in [4.69, 9.17) is 0 Å². The van der Waals surface area contributed by atoms with E-state index in [9.17, 15) is 0 Å². The van der Waals surface area contributed by atoms with E-state index in [0.29, 0.717) is 0 Å². The molecule has 0 saturated carbocycles. The number of hydrogen-bond acceptors (Lipinski definition) is 2. The Kier molecular flexibility index (Phi) is 11.6. The minimum absolute atomic E-state index is 1.09. The van der Waals surface area contributed by atoms with Crippen molar-refractivity contribution in [3.8, 4) is 44.5 Å². The average molecular weight is 1020 g/mol. The van der Waals surface area contributed by atoms with Gasteiger partial charge in [-0.1, -0.05) is 231 Å². The number of fused-ring (bicyclic) bond motifs is 8. The lowest BCUT2D eigenvalue weighted by atomic mass is 9.81. The lowest BCUT2D eigenvalue weighted by molar-refractivity contribution is 1.29. The zero-order valence-corrected chi connectivity index (χ0v) is 43.9. The first-order chi connectivity index (χ1) is 39.7. The highest BCUT2D eigenvalue weighted by Crippen LogP contribution is 2.51. The Morgan fingerprint density at radius 3 is 0.850 bits per heavy atom. The molecule has 0 heterocycles. The molecule has 0 aromatic heterocycles. The smallest absolute Gasteiger partial charge is 0.0468 e. The maximum absolute atomic E-state index is 2.40. The second-order valence-corrected chi connectivity index (χ2v) is 20.8. The molecule has 0 amide bonds. The van der Waals surface area contributed by atoms with Gasteiger partial charge in [0.25, 0.3) is 0 Å². The summed E-state index contributed by atoms with van der Waals surface area (Å²) in [7, 11) is 0. The maximum Gasteiger partial charge on any atom is 0.0468 e. The van der Waals surface area contributed by atoms with E-state index < -0.39 is 0 Å². The Hall–Kier alpha value is -10.5. The normalized spacial score (nSPS) is 11.5. The van der Waals surface area contributed by atoms with Crippen LogP contribution in [0.25, 0.3) is 109 Å². The van der Waals surface area contributed by atoms with Gasteiger partial charge in [0, 0.05) is 34.1 Å². The number of anilines is 6. The van der Waals surface area contributed by atoms with Crippen LogP contribution in [-0.4, -0.2) is 0 Å². The molecular formula is C78H52N2. The molecule has 0 radical (unpaired) electrons. The second-order valence-electron chi connectivity index (χ2n) is 20.8. The minimum atomic E-state index is 1.09. The second kappa shape index (κ2) is 19.8. The lowest BCUT2D eigenvalue weighted by Crippen LogP contribution is -2.09. The number of nitrogens with zero attached hydrogens (tertiary/aromatic N) is 2. The Morgan fingerprint density at radius 1 is 0.163 bits per heavy atom. The molecule has 0 aliphatic carbocycles. The molecular weight excluding hydrogens is 965 g/mol. The molecule has 80 heavy (non-hydrogen) atoms. The zero-order valence-electron chi connectivity index (χ0n) is 43.9. The van der Waals surface area contributed by atoms with Crippen LogP contribution < -0.4 is 9.80 Å². The molecule has 15 aromatic carbocycles. The van der Waals surface area contributed by atoms with Gasteiger partial charge < -0.3 is 9.80 Å². The summed E-state index contributed by atoms with van der Waals surface area (Å²) in [6.45, 7) is 0. The van der Waals surface area contributed by atoms with Gasteiger partial charge in [-0.05, 0) is 194 Å². The molecule has 0 bridgehead atoms. The summed E-state index contributed by atoms with van der Waals surface area (Å²) in [6.07, 6.45) is 0. The van der Waals surface area contributed by atoms with Crippen molar-refractivity contribution in [3.05, 3.63) is 315 Å². The summed E-state index contributed by atoms with van der Waals surface area (Å²) >= 11 is 0. The average Bonchev–Trinajstić information content (AvgIpc) is 3.68. The molecule has 0 aliphatic rings. The van der Waals surface area contributed by atoms with Crippen molar-refractivity contribution in [3.63, 3.8) is 0 Å². The van der Waals surface area contributed by atoms with Gasteiger partial charge in [-0.2, -0.15) is 0 Å². The highest BCUT2D eigenvalue weighted by molar-refractivity contribution is 6.32. The molecule has 0 saturated heterocycles. The topological polar surface area (TPSA) is 6.48 Å². The first kappa shape index (κ1) is 46.7.